The fourth-order valence-corrected chi connectivity index (χ4v) is 1.76. The zero-order chi connectivity index (χ0) is 9.97. The molecule has 0 unspecified atom stereocenters. The van der Waals surface area contributed by atoms with Crippen LogP contribution in [0, 0.1) is 0 Å². The smallest absolute Gasteiger partial charge is 0.184 e. The van der Waals surface area contributed by atoms with Crippen molar-refractivity contribution in [1.82, 2.24) is 0 Å². The Labute approximate surface area is 90.8 Å². The number of halogens is 1. The van der Waals surface area contributed by atoms with Gasteiger partial charge in [-0.05, 0) is 12.1 Å². The van der Waals surface area contributed by atoms with E-state index in [1.165, 1.54) is 0 Å². The second kappa shape index (κ2) is 4.40. The van der Waals surface area contributed by atoms with E-state index in [9.17, 15) is 0 Å². The lowest BCUT2D eigenvalue weighted by Gasteiger charge is -2.26. The monoisotopic (exact) mass is 258 g/mol. The van der Waals surface area contributed by atoms with E-state index in [4.69, 9.17) is 14.6 Å². The predicted octanol–water partition coefficient (Wildman–Crippen LogP) is 1.86. The van der Waals surface area contributed by atoms with Crippen molar-refractivity contribution in [3.05, 3.63) is 34.3 Å². The number of hydrogen-bond donors (Lipinski definition) is 1. The van der Waals surface area contributed by atoms with E-state index in [0.717, 1.165) is 10.0 Å². The average molecular weight is 259 g/mol. The third kappa shape index (κ3) is 2.33. The Kier molecular flexibility index (Phi) is 3.18. The highest BCUT2D eigenvalue weighted by Gasteiger charge is 2.21. The lowest BCUT2D eigenvalue weighted by molar-refractivity contribution is -0.220. The minimum atomic E-state index is -0.501. The van der Waals surface area contributed by atoms with Gasteiger partial charge in [-0.25, -0.2) is 0 Å². The lowest BCUT2D eigenvalue weighted by atomic mass is 10.2. The molecular formula is C10H11BrO3. The van der Waals surface area contributed by atoms with Crippen LogP contribution in [-0.2, 0) is 9.47 Å². The number of aliphatic hydroxyl groups is 1. The van der Waals surface area contributed by atoms with Crippen LogP contribution in [0.2, 0.25) is 0 Å². The number of ether oxygens (including phenoxy) is 2. The summed E-state index contributed by atoms with van der Waals surface area (Å²) in [6.07, 6.45) is -0.852. The molecule has 0 spiro atoms. The maximum Gasteiger partial charge on any atom is 0.184 e. The number of rotatable bonds is 1. The molecule has 1 heterocycles. The van der Waals surface area contributed by atoms with Crippen LogP contribution in [-0.4, -0.2) is 24.4 Å². The molecule has 1 N–H and O–H groups in total. The summed E-state index contributed by atoms with van der Waals surface area (Å²) in [5.41, 5.74) is 0.964. The van der Waals surface area contributed by atoms with E-state index < -0.39 is 6.10 Å². The maximum absolute atomic E-state index is 9.17. The summed E-state index contributed by atoms with van der Waals surface area (Å²) in [7, 11) is 0. The molecule has 76 valence electrons. The SMILES string of the molecule is OC1COC(c2cccc(Br)c2)OC1. The summed E-state index contributed by atoms with van der Waals surface area (Å²) < 4.78 is 11.7. The predicted molar refractivity (Wildman–Crippen MR) is 54.8 cm³/mol. The zero-order valence-electron chi connectivity index (χ0n) is 7.52. The third-order valence-electron chi connectivity index (χ3n) is 2.00. The van der Waals surface area contributed by atoms with Gasteiger partial charge in [0.15, 0.2) is 6.29 Å². The highest BCUT2D eigenvalue weighted by Crippen LogP contribution is 2.24. The Bertz CT molecular complexity index is 308. The van der Waals surface area contributed by atoms with Crippen molar-refractivity contribution in [3.8, 4) is 0 Å². The zero-order valence-corrected chi connectivity index (χ0v) is 9.11. The molecular weight excluding hydrogens is 248 g/mol. The van der Waals surface area contributed by atoms with Crippen LogP contribution in [0.3, 0.4) is 0 Å². The summed E-state index contributed by atoms with van der Waals surface area (Å²) in [5.74, 6) is 0. The molecule has 0 aliphatic carbocycles. The van der Waals surface area contributed by atoms with Crippen LogP contribution < -0.4 is 0 Å². The Morgan fingerprint density at radius 1 is 1.29 bits per heavy atom. The maximum atomic E-state index is 9.17. The van der Waals surface area contributed by atoms with Gasteiger partial charge < -0.3 is 14.6 Å². The van der Waals surface area contributed by atoms with Crippen molar-refractivity contribution in [2.45, 2.75) is 12.4 Å². The van der Waals surface area contributed by atoms with Crippen LogP contribution in [0.5, 0.6) is 0 Å². The van der Waals surface area contributed by atoms with E-state index in [-0.39, 0.29) is 6.29 Å². The molecule has 0 atom stereocenters. The Balaban J connectivity index is 2.08. The van der Waals surface area contributed by atoms with E-state index in [1.54, 1.807) is 0 Å². The molecule has 0 saturated carbocycles. The quantitative estimate of drug-likeness (QED) is 0.836. The fourth-order valence-electron chi connectivity index (χ4n) is 1.34. The van der Waals surface area contributed by atoms with Gasteiger partial charge in [-0.1, -0.05) is 28.1 Å². The molecule has 1 aliphatic heterocycles. The molecule has 1 fully saturated rings. The van der Waals surface area contributed by atoms with E-state index in [1.807, 2.05) is 24.3 Å². The van der Waals surface area contributed by atoms with Crippen molar-refractivity contribution in [2.24, 2.45) is 0 Å². The van der Waals surface area contributed by atoms with E-state index in [2.05, 4.69) is 15.9 Å². The second-order valence-corrected chi connectivity index (χ2v) is 4.12. The van der Waals surface area contributed by atoms with Crippen molar-refractivity contribution in [1.29, 1.82) is 0 Å². The first-order valence-electron chi connectivity index (χ1n) is 4.42. The normalized spacial score (nSPS) is 27.6. The van der Waals surface area contributed by atoms with Gasteiger partial charge in [-0.15, -0.1) is 0 Å². The van der Waals surface area contributed by atoms with Gasteiger partial charge in [0.05, 0.1) is 13.2 Å². The average Bonchev–Trinajstić information content (AvgIpc) is 2.19. The molecule has 0 bridgehead atoms. The molecule has 0 aromatic heterocycles. The van der Waals surface area contributed by atoms with Crippen LogP contribution in [0.15, 0.2) is 28.7 Å². The first-order valence-corrected chi connectivity index (χ1v) is 5.22. The van der Waals surface area contributed by atoms with Gasteiger partial charge in [0, 0.05) is 10.0 Å². The van der Waals surface area contributed by atoms with Gasteiger partial charge in [0.1, 0.15) is 6.10 Å². The highest BCUT2D eigenvalue weighted by molar-refractivity contribution is 9.10. The summed E-state index contributed by atoms with van der Waals surface area (Å²) in [6, 6.07) is 7.76. The van der Waals surface area contributed by atoms with Crippen molar-refractivity contribution in [3.63, 3.8) is 0 Å². The summed E-state index contributed by atoms with van der Waals surface area (Å²) in [6.45, 7) is 0.661. The highest BCUT2D eigenvalue weighted by atomic mass is 79.9. The van der Waals surface area contributed by atoms with E-state index >= 15 is 0 Å². The van der Waals surface area contributed by atoms with Crippen LogP contribution in [0.1, 0.15) is 11.9 Å². The third-order valence-corrected chi connectivity index (χ3v) is 2.49. The van der Waals surface area contributed by atoms with Crippen LogP contribution in [0.25, 0.3) is 0 Å². The molecule has 14 heavy (non-hydrogen) atoms. The molecule has 3 nitrogen and oxygen atoms in total. The summed E-state index contributed by atoms with van der Waals surface area (Å²) >= 11 is 3.38. The molecule has 4 heteroatoms. The summed E-state index contributed by atoms with van der Waals surface area (Å²) in [5, 5.41) is 9.17. The van der Waals surface area contributed by atoms with Gasteiger partial charge >= 0.3 is 0 Å². The standard InChI is InChI=1S/C10H11BrO3/c11-8-3-1-2-7(4-8)10-13-5-9(12)6-14-10/h1-4,9-10,12H,5-6H2. The van der Waals surface area contributed by atoms with Crippen molar-refractivity contribution in [2.75, 3.05) is 13.2 Å². The van der Waals surface area contributed by atoms with E-state index in [0.29, 0.717) is 13.2 Å². The second-order valence-electron chi connectivity index (χ2n) is 3.21. The van der Waals surface area contributed by atoms with Crippen LogP contribution >= 0.6 is 15.9 Å². The minimum absolute atomic E-state index is 0.331. The Morgan fingerprint density at radius 2 is 2.00 bits per heavy atom. The van der Waals surface area contributed by atoms with Crippen molar-refractivity contribution >= 4 is 15.9 Å². The topological polar surface area (TPSA) is 38.7 Å². The van der Waals surface area contributed by atoms with Gasteiger partial charge in [-0.3, -0.25) is 0 Å². The number of hydrogen-bond acceptors (Lipinski definition) is 3. The lowest BCUT2D eigenvalue weighted by Crippen LogP contribution is -2.30. The minimum Gasteiger partial charge on any atom is -0.388 e. The summed E-state index contributed by atoms with van der Waals surface area (Å²) in [4.78, 5) is 0. The molecule has 1 aliphatic rings. The first kappa shape index (κ1) is 10.1. The largest absolute Gasteiger partial charge is 0.388 e. The first-order chi connectivity index (χ1) is 6.75. The molecule has 1 saturated heterocycles. The molecule has 2 rings (SSSR count). The van der Waals surface area contributed by atoms with Gasteiger partial charge in [0.25, 0.3) is 0 Å². The molecule has 0 radical (unpaired) electrons. The van der Waals surface area contributed by atoms with Gasteiger partial charge in [0.2, 0.25) is 0 Å². The molecule has 1 aromatic carbocycles. The van der Waals surface area contributed by atoms with Gasteiger partial charge in [-0.2, -0.15) is 0 Å². The number of benzene rings is 1. The number of aliphatic hydroxyl groups excluding tert-OH is 1. The fraction of sp³-hybridized carbons (Fsp3) is 0.400. The Hall–Kier alpha value is -0.420. The van der Waals surface area contributed by atoms with Crippen molar-refractivity contribution < 1.29 is 14.6 Å². The molecule has 0 amide bonds. The Morgan fingerprint density at radius 3 is 2.64 bits per heavy atom. The molecule has 1 aromatic rings. The van der Waals surface area contributed by atoms with Crippen LogP contribution in [0.4, 0.5) is 0 Å².